The van der Waals surface area contributed by atoms with Crippen molar-refractivity contribution in [3.8, 4) is 5.75 Å². The number of piperidine rings is 1. The molecule has 1 aromatic carbocycles. The van der Waals surface area contributed by atoms with Gasteiger partial charge < -0.3 is 19.9 Å². The second-order valence-corrected chi connectivity index (χ2v) is 7.06. The molecule has 0 atom stereocenters. The second kappa shape index (κ2) is 9.67. The number of urea groups is 1. The van der Waals surface area contributed by atoms with Crippen molar-refractivity contribution >= 4 is 29.2 Å². The summed E-state index contributed by atoms with van der Waals surface area (Å²) in [5.41, 5.74) is 0.623. The third-order valence-corrected chi connectivity index (χ3v) is 5.05. The van der Waals surface area contributed by atoms with Crippen LogP contribution < -0.4 is 10.1 Å². The van der Waals surface area contributed by atoms with Crippen LogP contribution in [0.25, 0.3) is 0 Å². The summed E-state index contributed by atoms with van der Waals surface area (Å²) in [6, 6.07) is 4.96. The normalized spacial score (nSPS) is 14.8. The molecule has 1 saturated heterocycles. The van der Waals surface area contributed by atoms with Crippen molar-refractivity contribution in [3.63, 3.8) is 0 Å². The van der Waals surface area contributed by atoms with E-state index in [0.29, 0.717) is 42.4 Å². The lowest BCUT2D eigenvalue weighted by molar-refractivity contribution is -0.135. The number of carbonyl (C=O) groups is 2. The number of carbonyl (C=O) groups excluding carboxylic acids is 2. The highest BCUT2D eigenvalue weighted by atomic mass is 35.5. The monoisotopic (exact) mass is 381 g/mol. The van der Waals surface area contributed by atoms with Gasteiger partial charge in [-0.15, -0.1) is 0 Å². The Bertz CT molecular complexity index is 630. The number of hydrogen-bond donors (Lipinski definition) is 1. The lowest BCUT2D eigenvalue weighted by Gasteiger charge is -2.33. The third kappa shape index (κ3) is 5.27. The van der Waals surface area contributed by atoms with Gasteiger partial charge in [0.1, 0.15) is 5.75 Å². The largest absolute Gasteiger partial charge is 0.495 e. The summed E-state index contributed by atoms with van der Waals surface area (Å²) in [5, 5.41) is 3.30. The maximum absolute atomic E-state index is 12.4. The minimum atomic E-state index is -0.170. The Morgan fingerprint density at radius 3 is 2.62 bits per heavy atom. The van der Waals surface area contributed by atoms with E-state index >= 15 is 0 Å². The quantitative estimate of drug-likeness (QED) is 0.814. The number of nitrogens with one attached hydrogen (secondary N) is 1. The number of nitrogens with zero attached hydrogens (tertiary/aromatic N) is 2. The van der Waals surface area contributed by atoms with Crippen molar-refractivity contribution in [2.75, 3.05) is 39.1 Å². The number of amides is 3. The van der Waals surface area contributed by atoms with Gasteiger partial charge in [0.05, 0.1) is 12.1 Å². The van der Waals surface area contributed by atoms with Gasteiger partial charge >= 0.3 is 6.03 Å². The zero-order valence-corrected chi connectivity index (χ0v) is 16.5. The lowest BCUT2D eigenvalue weighted by atomic mass is 9.95. The molecule has 1 aliphatic rings. The number of likely N-dealkylation sites (tertiary alicyclic amines) is 1. The van der Waals surface area contributed by atoms with Crippen LogP contribution in [0.5, 0.6) is 5.75 Å². The molecule has 0 bridgehead atoms. The Labute approximate surface area is 160 Å². The Hall–Kier alpha value is -1.95. The van der Waals surface area contributed by atoms with E-state index in [2.05, 4.69) is 12.2 Å². The molecular weight excluding hydrogens is 354 g/mol. The van der Waals surface area contributed by atoms with Crippen LogP contribution in [0.15, 0.2) is 18.2 Å². The van der Waals surface area contributed by atoms with E-state index in [1.165, 1.54) is 0 Å². The summed E-state index contributed by atoms with van der Waals surface area (Å²) in [4.78, 5) is 28.4. The number of benzene rings is 1. The highest BCUT2D eigenvalue weighted by Crippen LogP contribution is 2.27. The van der Waals surface area contributed by atoms with E-state index in [1.807, 2.05) is 11.9 Å². The van der Waals surface area contributed by atoms with Crippen LogP contribution in [0.4, 0.5) is 10.5 Å². The Morgan fingerprint density at radius 2 is 2.04 bits per heavy atom. The van der Waals surface area contributed by atoms with Gasteiger partial charge in [0, 0.05) is 38.3 Å². The van der Waals surface area contributed by atoms with Gasteiger partial charge in [0.15, 0.2) is 0 Å². The van der Waals surface area contributed by atoms with E-state index in [9.17, 15) is 9.59 Å². The molecule has 0 unspecified atom stereocenters. The summed E-state index contributed by atoms with van der Waals surface area (Å²) in [6.45, 7) is 4.07. The van der Waals surface area contributed by atoms with E-state index < -0.39 is 0 Å². The minimum absolute atomic E-state index is 0.0105. The molecule has 1 aliphatic heterocycles. The van der Waals surface area contributed by atoms with E-state index in [0.717, 1.165) is 19.4 Å². The molecule has 1 aromatic rings. The zero-order valence-electron chi connectivity index (χ0n) is 15.8. The Kier molecular flexibility index (Phi) is 7.57. The van der Waals surface area contributed by atoms with Crippen LogP contribution in [0.3, 0.4) is 0 Å². The van der Waals surface area contributed by atoms with Gasteiger partial charge in [-0.25, -0.2) is 4.79 Å². The molecule has 1 N–H and O–H groups in total. The van der Waals surface area contributed by atoms with E-state index in [-0.39, 0.29) is 17.9 Å². The van der Waals surface area contributed by atoms with Gasteiger partial charge in [-0.3, -0.25) is 4.79 Å². The predicted octanol–water partition coefficient (Wildman–Crippen LogP) is 3.85. The molecule has 1 heterocycles. The molecule has 1 fully saturated rings. The van der Waals surface area contributed by atoms with Crippen LogP contribution in [-0.2, 0) is 4.79 Å². The average Bonchev–Trinajstić information content (AvgIpc) is 2.65. The fraction of sp³-hybridized carbons (Fsp3) is 0.579. The molecule has 0 aliphatic carbocycles. The van der Waals surface area contributed by atoms with Crippen LogP contribution >= 0.6 is 11.6 Å². The first-order valence-corrected chi connectivity index (χ1v) is 9.48. The van der Waals surface area contributed by atoms with Crippen molar-refractivity contribution < 1.29 is 14.3 Å². The molecule has 0 spiro atoms. The van der Waals surface area contributed by atoms with Crippen LogP contribution in [-0.4, -0.2) is 55.5 Å². The minimum Gasteiger partial charge on any atom is -0.495 e. The van der Waals surface area contributed by atoms with E-state index in [1.54, 1.807) is 30.2 Å². The molecular formula is C19H28ClN3O3. The number of ether oxygens (including phenoxy) is 1. The highest BCUT2D eigenvalue weighted by molar-refractivity contribution is 6.32. The topological polar surface area (TPSA) is 61.9 Å². The number of hydrogen-bond acceptors (Lipinski definition) is 3. The predicted molar refractivity (Wildman–Crippen MR) is 104 cm³/mol. The molecule has 2 rings (SSSR count). The maximum atomic E-state index is 12.4. The number of unbranched alkanes of at least 4 members (excludes halogenated alkanes) is 1. The van der Waals surface area contributed by atoms with Crippen molar-refractivity contribution in [3.05, 3.63) is 23.2 Å². The lowest BCUT2D eigenvalue weighted by Crippen LogP contribution is -2.45. The van der Waals surface area contributed by atoms with E-state index in [4.69, 9.17) is 16.3 Å². The molecule has 0 aromatic heterocycles. The van der Waals surface area contributed by atoms with Gasteiger partial charge in [-0.05, 0) is 37.5 Å². The first-order valence-electron chi connectivity index (χ1n) is 9.10. The summed E-state index contributed by atoms with van der Waals surface area (Å²) in [7, 11) is 3.41. The smallest absolute Gasteiger partial charge is 0.321 e. The summed E-state index contributed by atoms with van der Waals surface area (Å²) in [5.74, 6) is 0.771. The zero-order chi connectivity index (χ0) is 19.1. The van der Waals surface area contributed by atoms with Gasteiger partial charge in [0.2, 0.25) is 5.91 Å². The first kappa shape index (κ1) is 20.4. The fourth-order valence-corrected chi connectivity index (χ4v) is 3.35. The van der Waals surface area contributed by atoms with Crippen molar-refractivity contribution in [2.24, 2.45) is 5.92 Å². The SMILES string of the molecule is CCCCN(C)C(=O)C1CCN(C(=O)Nc2ccc(OC)c(Cl)c2)CC1. The second-order valence-electron chi connectivity index (χ2n) is 6.65. The number of methoxy groups -OCH3 is 1. The molecule has 0 saturated carbocycles. The van der Waals surface area contributed by atoms with Gasteiger partial charge in [-0.2, -0.15) is 0 Å². The van der Waals surface area contributed by atoms with Crippen molar-refractivity contribution in [1.82, 2.24) is 9.80 Å². The van der Waals surface area contributed by atoms with Crippen LogP contribution in [0, 0.1) is 5.92 Å². The maximum Gasteiger partial charge on any atom is 0.321 e. The Morgan fingerprint density at radius 1 is 1.35 bits per heavy atom. The molecule has 3 amide bonds. The number of anilines is 1. The molecule has 26 heavy (non-hydrogen) atoms. The van der Waals surface area contributed by atoms with Crippen LogP contribution in [0.1, 0.15) is 32.6 Å². The summed E-state index contributed by atoms with van der Waals surface area (Å²) >= 11 is 6.09. The highest BCUT2D eigenvalue weighted by Gasteiger charge is 2.29. The molecule has 144 valence electrons. The molecule has 6 nitrogen and oxygen atoms in total. The number of rotatable bonds is 6. The fourth-order valence-electron chi connectivity index (χ4n) is 3.09. The standard InChI is InChI=1S/C19H28ClN3O3/c1-4-5-10-22(2)18(24)14-8-11-23(12-9-14)19(25)21-15-6-7-17(26-3)16(20)13-15/h6-7,13-14H,4-5,8-12H2,1-3H3,(H,21,25). The number of halogens is 1. The van der Waals surface area contributed by atoms with Gasteiger partial charge in [-0.1, -0.05) is 24.9 Å². The average molecular weight is 382 g/mol. The third-order valence-electron chi connectivity index (χ3n) is 4.76. The van der Waals surface area contributed by atoms with Crippen LogP contribution in [0.2, 0.25) is 5.02 Å². The van der Waals surface area contributed by atoms with Gasteiger partial charge in [0.25, 0.3) is 0 Å². The molecule has 7 heteroatoms. The summed E-state index contributed by atoms with van der Waals surface area (Å²) in [6.07, 6.45) is 3.50. The molecule has 0 radical (unpaired) electrons. The summed E-state index contributed by atoms with van der Waals surface area (Å²) < 4.78 is 5.11. The van der Waals surface area contributed by atoms with Crippen molar-refractivity contribution in [2.45, 2.75) is 32.6 Å². The first-order chi connectivity index (χ1) is 12.5. The Balaban J connectivity index is 1.84. The van der Waals surface area contributed by atoms with Crippen molar-refractivity contribution in [1.29, 1.82) is 0 Å².